The number of pyridine rings is 1. The number of aromatic nitrogens is 2. The van der Waals surface area contributed by atoms with Crippen LogP contribution in [0.3, 0.4) is 0 Å². The van der Waals surface area contributed by atoms with Crippen LogP contribution >= 0.6 is 0 Å². The van der Waals surface area contributed by atoms with Gasteiger partial charge in [-0.3, -0.25) is 9.69 Å². The maximum Gasteiger partial charge on any atom is 0.257 e. The minimum atomic E-state index is -0.128. The van der Waals surface area contributed by atoms with Crippen LogP contribution in [0, 0.1) is 0 Å². The van der Waals surface area contributed by atoms with Gasteiger partial charge in [0, 0.05) is 31.1 Å². The highest BCUT2D eigenvalue weighted by Crippen LogP contribution is 2.27. The van der Waals surface area contributed by atoms with Crippen molar-refractivity contribution in [2.45, 2.75) is 12.5 Å². The van der Waals surface area contributed by atoms with E-state index in [0.717, 1.165) is 47.0 Å². The summed E-state index contributed by atoms with van der Waals surface area (Å²) in [6, 6.07) is 19.7. The highest BCUT2D eigenvalue weighted by molar-refractivity contribution is 5.89. The van der Waals surface area contributed by atoms with Crippen molar-refractivity contribution in [3.63, 3.8) is 0 Å². The highest BCUT2D eigenvalue weighted by Gasteiger charge is 2.23. The van der Waals surface area contributed by atoms with Gasteiger partial charge in [-0.05, 0) is 36.1 Å². The van der Waals surface area contributed by atoms with Crippen LogP contribution in [0.1, 0.15) is 6.42 Å². The predicted octanol–water partition coefficient (Wildman–Crippen LogP) is 3.26. The third-order valence-electron chi connectivity index (χ3n) is 5.63. The normalized spacial score (nSPS) is 17.3. The summed E-state index contributed by atoms with van der Waals surface area (Å²) in [5.74, 6) is 0. The SMILES string of the molecule is CO[C@@H]1CCN(COn2c(-c3cc4ccccc4[nH]c3=O)cc3ccccc32)C1. The number of para-hydroxylation sites is 2. The molecule has 2 aromatic carbocycles. The molecule has 0 saturated carbocycles. The van der Waals surface area contributed by atoms with E-state index in [0.29, 0.717) is 12.3 Å². The fraction of sp³-hybridized carbons (Fsp3) is 0.261. The smallest absolute Gasteiger partial charge is 0.257 e. The Morgan fingerprint density at radius 1 is 1.07 bits per heavy atom. The predicted molar refractivity (Wildman–Crippen MR) is 114 cm³/mol. The molecule has 0 spiro atoms. The zero-order chi connectivity index (χ0) is 19.8. The van der Waals surface area contributed by atoms with Crippen molar-refractivity contribution in [2.24, 2.45) is 0 Å². The van der Waals surface area contributed by atoms with E-state index in [-0.39, 0.29) is 11.7 Å². The Balaban J connectivity index is 1.56. The molecule has 1 saturated heterocycles. The number of nitrogens with zero attached hydrogens (tertiary/aromatic N) is 2. The number of likely N-dealkylation sites (tertiary alicyclic amines) is 1. The van der Waals surface area contributed by atoms with E-state index < -0.39 is 0 Å². The lowest BCUT2D eigenvalue weighted by atomic mass is 10.1. The second-order valence-corrected chi connectivity index (χ2v) is 7.46. The quantitative estimate of drug-likeness (QED) is 0.569. The van der Waals surface area contributed by atoms with Crippen molar-refractivity contribution >= 4 is 21.8 Å². The first-order valence-corrected chi connectivity index (χ1v) is 9.84. The van der Waals surface area contributed by atoms with Crippen LogP contribution in [-0.2, 0) is 4.74 Å². The standard InChI is InChI=1S/C23H23N3O3/c1-28-18-10-11-25(14-18)15-29-26-21-9-5-3-7-17(21)13-22(26)19-12-16-6-2-4-8-20(16)24-23(19)27/h2-9,12-13,18H,10-11,14-15H2,1H3,(H,24,27)/t18-/m1/s1. The summed E-state index contributed by atoms with van der Waals surface area (Å²) in [5, 5.41) is 2.02. The van der Waals surface area contributed by atoms with Gasteiger partial charge in [0.1, 0.15) is 0 Å². The van der Waals surface area contributed by atoms with Crippen molar-refractivity contribution < 1.29 is 9.57 Å². The highest BCUT2D eigenvalue weighted by atomic mass is 16.7. The molecule has 1 aliphatic rings. The second-order valence-electron chi connectivity index (χ2n) is 7.46. The molecule has 6 nitrogen and oxygen atoms in total. The topological polar surface area (TPSA) is 59.5 Å². The minimum absolute atomic E-state index is 0.128. The number of fused-ring (bicyclic) bond motifs is 2. The number of hydrogen-bond acceptors (Lipinski definition) is 4. The van der Waals surface area contributed by atoms with E-state index in [1.54, 1.807) is 11.8 Å². The van der Waals surface area contributed by atoms with Crippen molar-refractivity contribution in [1.29, 1.82) is 0 Å². The summed E-state index contributed by atoms with van der Waals surface area (Å²) in [6.45, 7) is 2.22. The Hall–Kier alpha value is -3.09. The monoisotopic (exact) mass is 389 g/mol. The lowest BCUT2D eigenvalue weighted by molar-refractivity contribution is 0.0260. The van der Waals surface area contributed by atoms with Gasteiger partial charge in [0.25, 0.3) is 5.56 Å². The maximum absolute atomic E-state index is 12.9. The van der Waals surface area contributed by atoms with E-state index in [9.17, 15) is 4.79 Å². The molecule has 6 heteroatoms. The zero-order valence-corrected chi connectivity index (χ0v) is 16.3. The molecule has 3 heterocycles. The van der Waals surface area contributed by atoms with Crippen LogP contribution in [-0.4, -0.2) is 47.6 Å². The molecule has 1 fully saturated rings. The van der Waals surface area contributed by atoms with Gasteiger partial charge in [0.2, 0.25) is 0 Å². The Morgan fingerprint density at radius 3 is 2.69 bits per heavy atom. The molecule has 148 valence electrons. The third kappa shape index (κ3) is 3.30. The summed E-state index contributed by atoms with van der Waals surface area (Å²) >= 11 is 0. The number of H-pyrrole nitrogens is 1. The lowest BCUT2D eigenvalue weighted by Crippen LogP contribution is -2.31. The van der Waals surface area contributed by atoms with Crippen molar-refractivity contribution in [3.8, 4) is 11.3 Å². The fourth-order valence-electron chi connectivity index (χ4n) is 4.04. The first kappa shape index (κ1) is 18.0. The zero-order valence-electron chi connectivity index (χ0n) is 16.3. The molecule has 0 amide bonds. The summed E-state index contributed by atoms with van der Waals surface area (Å²) in [5.41, 5.74) is 2.99. The first-order chi connectivity index (χ1) is 14.2. The minimum Gasteiger partial charge on any atom is -0.397 e. The Bertz CT molecular complexity index is 1230. The maximum atomic E-state index is 12.9. The van der Waals surface area contributed by atoms with Gasteiger partial charge in [-0.2, -0.15) is 4.73 Å². The summed E-state index contributed by atoms with van der Waals surface area (Å²) < 4.78 is 7.24. The second kappa shape index (κ2) is 7.39. The Morgan fingerprint density at radius 2 is 1.86 bits per heavy atom. The molecule has 0 radical (unpaired) electrons. The van der Waals surface area contributed by atoms with Crippen LogP contribution in [0.25, 0.3) is 33.1 Å². The number of ether oxygens (including phenoxy) is 1. The Labute approximate surface area is 168 Å². The van der Waals surface area contributed by atoms with Gasteiger partial charge in [-0.1, -0.05) is 36.4 Å². The van der Waals surface area contributed by atoms with Crippen LogP contribution in [0.2, 0.25) is 0 Å². The van der Waals surface area contributed by atoms with Crippen LogP contribution in [0.4, 0.5) is 0 Å². The largest absolute Gasteiger partial charge is 0.397 e. The molecule has 0 aliphatic carbocycles. The average molecular weight is 389 g/mol. The lowest BCUT2D eigenvalue weighted by Gasteiger charge is -2.19. The number of hydrogen-bond donors (Lipinski definition) is 1. The van der Waals surface area contributed by atoms with E-state index in [1.165, 1.54) is 0 Å². The Kier molecular flexibility index (Phi) is 4.58. The van der Waals surface area contributed by atoms with E-state index in [1.807, 2.05) is 60.7 Å². The molecular formula is C23H23N3O3. The van der Waals surface area contributed by atoms with Gasteiger partial charge in [-0.15, -0.1) is 0 Å². The molecule has 4 aromatic rings. The van der Waals surface area contributed by atoms with Crippen LogP contribution in [0.5, 0.6) is 0 Å². The summed E-state index contributed by atoms with van der Waals surface area (Å²) in [6.07, 6.45) is 1.26. The van der Waals surface area contributed by atoms with Crippen molar-refractivity contribution in [3.05, 3.63) is 71.0 Å². The van der Waals surface area contributed by atoms with E-state index >= 15 is 0 Å². The number of nitrogens with one attached hydrogen (secondary N) is 1. The molecular weight excluding hydrogens is 366 g/mol. The van der Waals surface area contributed by atoms with E-state index in [2.05, 4.69) is 9.88 Å². The fourth-order valence-corrected chi connectivity index (χ4v) is 4.04. The molecule has 1 aliphatic heterocycles. The molecule has 1 N–H and O–H groups in total. The number of aromatic amines is 1. The number of rotatable bonds is 5. The number of methoxy groups -OCH3 is 1. The molecule has 5 rings (SSSR count). The van der Waals surface area contributed by atoms with Crippen molar-refractivity contribution in [2.75, 3.05) is 26.9 Å². The molecule has 29 heavy (non-hydrogen) atoms. The summed E-state index contributed by atoms with van der Waals surface area (Å²) in [4.78, 5) is 24.3. The van der Waals surface area contributed by atoms with Crippen LogP contribution < -0.4 is 10.4 Å². The van der Waals surface area contributed by atoms with E-state index in [4.69, 9.17) is 9.57 Å². The van der Waals surface area contributed by atoms with Crippen LogP contribution in [0.15, 0.2) is 65.5 Å². The summed E-state index contributed by atoms with van der Waals surface area (Å²) in [7, 11) is 1.75. The first-order valence-electron chi connectivity index (χ1n) is 9.84. The van der Waals surface area contributed by atoms with Gasteiger partial charge >= 0.3 is 0 Å². The average Bonchev–Trinajstić information content (AvgIpc) is 3.36. The van der Waals surface area contributed by atoms with Gasteiger partial charge in [0.05, 0.1) is 22.9 Å². The number of benzene rings is 2. The third-order valence-corrected chi connectivity index (χ3v) is 5.63. The molecule has 0 unspecified atom stereocenters. The van der Waals surface area contributed by atoms with Crippen molar-refractivity contribution in [1.82, 2.24) is 14.6 Å². The van der Waals surface area contributed by atoms with Gasteiger partial charge in [0.15, 0.2) is 6.73 Å². The molecule has 2 aromatic heterocycles. The molecule has 1 atom stereocenters. The van der Waals surface area contributed by atoms with Gasteiger partial charge in [-0.25, -0.2) is 0 Å². The van der Waals surface area contributed by atoms with Gasteiger partial charge < -0.3 is 14.6 Å². The molecule has 0 bridgehead atoms.